The summed E-state index contributed by atoms with van der Waals surface area (Å²) in [6.07, 6.45) is 0. The van der Waals surface area contributed by atoms with E-state index in [1.807, 2.05) is 30.3 Å². The van der Waals surface area contributed by atoms with Crippen LogP contribution < -0.4 is 5.32 Å². The number of thioether (sulfide) groups is 1. The second-order valence-corrected chi connectivity index (χ2v) is 7.63. The van der Waals surface area contributed by atoms with Crippen LogP contribution in [0.3, 0.4) is 0 Å². The van der Waals surface area contributed by atoms with Crippen molar-refractivity contribution >= 4 is 29.5 Å². The normalized spacial score (nSPS) is 15.9. The molecule has 28 heavy (non-hydrogen) atoms. The van der Waals surface area contributed by atoms with Gasteiger partial charge in [-0.3, -0.25) is 14.4 Å². The summed E-state index contributed by atoms with van der Waals surface area (Å²) in [5.41, 5.74) is 2.09. The molecule has 2 aromatic carbocycles. The van der Waals surface area contributed by atoms with Crippen LogP contribution in [0.2, 0.25) is 0 Å². The highest BCUT2D eigenvalue weighted by molar-refractivity contribution is 7.99. The molecule has 0 spiro atoms. The van der Waals surface area contributed by atoms with Gasteiger partial charge in [-0.2, -0.15) is 0 Å². The van der Waals surface area contributed by atoms with Crippen LogP contribution in [0.1, 0.15) is 26.3 Å². The number of nitrogens with zero attached hydrogens (tertiary/aromatic N) is 2. The van der Waals surface area contributed by atoms with Crippen molar-refractivity contribution in [3.63, 3.8) is 0 Å². The molecule has 6 nitrogen and oxygen atoms in total. The Morgan fingerprint density at radius 1 is 1.07 bits per heavy atom. The minimum absolute atomic E-state index is 0.0790. The molecule has 146 valence electrons. The predicted molar refractivity (Wildman–Crippen MR) is 110 cm³/mol. The van der Waals surface area contributed by atoms with Crippen molar-refractivity contribution < 1.29 is 14.4 Å². The lowest BCUT2D eigenvalue weighted by Crippen LogP contribution is -2.47. The van der Waals surface area contributed by atoms with Crippen molar-refractivity contribution in [2.45, 2.75) is 12.6 Å². The first-order chi connectivity index (χ1) is 13.5. The number of rotatable bonds is 5. The van der Waals surface area contributed by atoms with Gasteiger partial charge < -0.3 is 15.1 Å². The second-order valence-electron chi connectivity index (χ2n) is 6.63. The van der Waals surface area contributed by atoms with E-state index in [2.05, 4.69) is 5.32 Å². The van der Waals surface area contributed by atoms with Gasteiger partial charge in [0.05, 0.1) is 5.88 Å². The molecular weight excluding hydrogens is 374 g/mol. The highest BCUT2D eigenvalue weighted by atomic mass is 32.2. The molecule has 1 N–H and O–H groups in total. The van der Waals surface area contributed by atoms with Crippen LogP contribution >= 0.6 is 11.8 Å². The van der Waals surface area contributed by atoms with Crippen LogP contribution in [-0.2, 0) is 11.3 Å². The fourth-order valence-corrected chi connectivity index (χ4v) is 4.25. The Balaban J connectivity index is 1.66. The third-order valence-corrected chi connectivity index (χ3v) is 5.70. The van der Waals surface area contributed by atoms with Crippen LogP contribution in [0.25, 0.3) is 0 Å². The average molecular weight is 398 g/mol. The van der Waals surface area contributed by atoms with E-state index in [1.165, 1.54) is 0 Å². The van der Waals surface area contributed by atoms with Gasteiger partial charge in [0.15, 0.2) is 0 Å². The van der Waals surface area contributed by atoms with E-state index in [1.54, 1.807) is 59.9 Å². The third kappa shape index (κ3) is 4.36. The minimum Gasteiger partial charge on any atom is -0.355 e. The van der Waals surface area contributed by atoms with Crippen molar-refractivity contribution in [1.29, 1.82) is 0 Å². The van der Waals surface area contributed by atoms with Gasteiger partial charge in [0.2, 0.25) is 5.91 Å². The summed E-state index contributed by atoms with van der Waals surface area (Å²) < 4.78 is 0. The van der Waals surface area contributed by atoms with Gasteiger partial charge in [-0.1, -0.05) is 30.3 Å². The zero-order chi connectivity index (χ0) is 20.1. The zero-order valence-electron chi connectivity index (χ0n) is 15.9. The van der Waals surface area contributed by atoms with E-state index in [-0.39, 0.29) is 17.7 Å². The molecule has 1 aliphatic heterocycles. The molecule has 1 heterocycles. The Morgan fingerprint density at radius 3 is 2.39 bits per heavy atom. The lowest BCUT2D eigenvalue weighted by atomic mass is 10.1. The number of amides is 3. The first kappa shape index (κ1) is 19.9. The van der Waals surface area contributed by atoms with Gasteiger partial charge in [-0.05, 0) is 29.8 Å². The summed E-state index contributed by atoms with van der Waals surface area (Å²) >= 11 is 1.59. The molecule has 1 atom stereocenters. The van der Waals surface area contributed by atoms with Crippen molar-refractivity contribution in [1.82, 2.24) is 15.1 Å². The summed E-state index contributed by atoms with van der Waals surface area (Å²) in [5, 5.41) is 2.58. The van der Waals surface area contributed by atoms with Crippen molar-refractivity contribution in [2.75, 3.05) is 25.7 Å². The van der Waals surface area contributed by atoms with Gasteiger partial charge in [0.25, 0.3) is 11.8 Å². The average Bonchev–Trinajstić information content (AvgIpc) is 3.23. The molecular formula is C21H23N3O3S. The van der Waals surface area contributed by atoms with Gasteiger partial charge >= 0.3 is 0 Å². The van der Waals surface area contributed by atoms with E-state index < -0.39 is 6.04 Å². The zero-order valence-corrected chi connectivity index (χ0v) is 16.7. The molecule has 1 saturated heterocycles. The maximum atomic E-state index is 13.0. The van der Waals surface area contributed by atoms with Crippen LogP contribution in [0.15, 0.2) is 54.6 Å². The molecule has 3 rings (SSSR count). The standard InChI is InChI=1S/C21H23N3O3S/c1-22-19(25)16-10-8-15(9-11-16)12-23(2)21(27)18-13-28-14-24(18)20(26)17-6-4-3-5-7-17/h3-11,18H,12-14H2,1-2H3,(H,22,25). The Hall–Kier alpha value is -2.80. The minimum atomic E-state index is -0.465. The lowest BCUT2D eigenvalue weighted by Gasteiger charge is -2.27. The van der Waals surface area contributed by atoms with Crippen molar-refractivity contribution in [2.24, 2.45) is 0 Å². The SMILES string of the molecule is CNC(=O)c1ccc(CN(C)C(=O)C2CSCN2C(=O)c2ccccc2)cc1. The van der Waals surface area contributed by atoms with Crippen molar-refractivity contribution in [3.05, 3.63) is 71.3 Å². The smallest absolute Gasteiger partial charge is 0.255 e. The van der Waals surface area contributed by atoms with Gasteiger partial charge in [-0.25, -0.2) is 0 Å². The number of benzene rings is 2. The fraction of sp³-hybridized carbons (Fsp3) is 0.286. The molecule has 0 bridgehead atoms. The van der Waals surface area contributed by atoms with Crippen LogP contribution in [-0.4, -0.2) is 59.3 Å². The van der Waals surface area contributed by atoms with E-state index in [9.17, 15) is 14.4 Å². The number of hydrogen-bond acceptors (Lipinski definition) is 4. The number of likely N-dealkylation sites (N-methyl/N-ethyl adjacent to an activating group) is 1. The third-order valence-electron chi connectivity index (χ3n) is 4.69. The maximum absolute atomic E-state index is 13.0. The number of carbonyl (C=O) groups excluding carboxylic acids is 3. The quantitative estimate of drug-likeness (QED) is 0.840. The molecule has 1 fully saturated rings. The summed E-state index contributed by atoms with van der Waals surface area (Å²) in [7, 11) is 3.33. The summed E-state index contributed by atoms with van der Waals surface area (Å²) in [6.45, 7) is 0.418. The summed E-state index contributed by atoms with van der Waals surface area (Å²) in [5.74, 6) is 0.766. The number of nitrogens with one attached hydrogen (secondary N) is 1. The van der Waals surface area contributed by atoms with Crippen LogP contribution in [0.5, 0.6) is 0 Å². The summed E-state index contributed by atoms with van der Waals surface area (Å²) in [4.78, 5) is 40.7. The molecule has 0 aliphatic carbocycles. The number of carbonyl (C=O) groups is 3. The Morgan fingerprint density at radius 2 is 1.75 bits per heavy atom. The molecule has 1 unspecified atom stereocenters. The summed E-state index contributed by atoms with van der Waals surface area (Å²) in [6, 6.07) is 15.7. The first-order valence-corrected chi connectivity index (χ1v) is 10.2. The Kier molecular flexibility index (Phi) is 6.36. The van der Waals surface area contributed by atoms with Gasteiger partial charge in [0.1, 0.15) is 6.04 Å². The highest BCUT2D eigenvalue weighted by Gasteiger charge is 2.36. The molecule has 0 aromatic heterocycles. The molecule has 0 saturated carbocycles. The molecule has 0 radical (unpaired) electrons. The molecule has 2 aromatic rings. The first-order valence-electron chi connectivity index (χ1n) is 9.01. The number of hydrogen-bond donors (Lipinski definition) is 1. The van der Waals surface area contributed by atoms with Crippen molar-refractivity contribution in [3.8, 4) is 0 Å². The maximum Gasteiger partial charge on any atom is 0.255 e. The highest BCUT2D eigenvalue weighted by Crippen LogP contribution is 2.25. The van der Waals surface area contributed by atoms with E-state index in [0.717, 1.165) is 5.56 Å². The second kappa shape index (κ2) is 8.93. The van der Waals surface area contributed by atoms with E-state index in [0.29, 0.717) is 29.3 Å². The lowest BCUT2D eigenvalue weighted by molar-refractivity contribution is -0.134. The Bertz CT molecular complexity index is 855. The van der Waals surface area contributed by atoms with Crippen LogP contribution in [0, 0.1) is 0 Å². The predicted octanol–water partition coefficient (Wildman–Crippen LogP) is 2.22. The topological polar surface area (TPSA) is 69.7 Å². The van der Waals surface area contributed by atoms with Gasteiger partial charge in [-0.15, -0.1) is 11.8 Å². The molecule has 1 aliphatic rings. The monoisotopic (exact) mass is 397 g/mol. The fourth-order valence-electron chi connectivity index (χ4n) is 3.11. The molecule has 3 amide bonds. The van der Waals surface area contributed by atoms with E-state index >= 15 is 0 Å². The van der Waals surface area contributed by atoms with Crippen LogP contribution in [0.4, 0.5) is 0 Å². The van der Waals surface area contributed by atoms with E-state index in [4.69, 9.17) is 0 Å². The van der Waals surface area contributed by atoms with Gasteiger partial charge in [0, 0.05) is 37.5 Å². The molecule has 7 heteroatoms. The largest absolute Gasteiger partial charge is 0.355 e. The Labute approximate surface area is 168 Å².